The zero-order valence-electron chi connectivity index (χ0n) is 13.5. The first-order chi connectivity index (χ1) is 10.6. The van der Waals surface area contributed by atoms with Crippen molar-refractivity contribution in [2.75, 3.05) is 24.7 Å². The third-order valence-corrected chi connectivity index (χ3v) is 4.72. The van der Waals surface area contributed by atoms with E-state index < -0.39 is 0 Å². The Morgan fingerprint density at radius 3 is 2.86 bits per heavy atom. The summed E-state index contributed by atoms with van der Waals surface area (Å²) in [4.78, 5) is 14.4. The number of amides is 1. The van der Waals surface area contributed by atoms with Crippen LogP contribution < -0.4 is 10.2 Å². The number of aryl methyl sites for hydroxylation is 1. The molecule has 0 aromatic carbocycles. The molecular formula is C16H26N4O2. The fourth-order valence-electron chi connectivity index (χ4n) is 3.53. The number of hydrogen-bond acceptors (Lipinski definition) is 4. The maximum Gasteiger partial charge on any atom is 0.244 e. The highest BCUT2D eigenvalue weighted by atomic mass is 16.5. The second-order valence-corrected chi connectivity index (χ2v) is 6.56. The van der Waals surface area contributed by atoms with E-state index in [0.717, 1.165) is 57.0 Å². The summed E-state index contributed by atoms with van der Waals surface area (Å²) in [5, 5.41) is 7.67. The molecule has 6 heteroatoms. The maximum absolute atomic E-state index is 12.5. The van der Waals surface area contributed by atoms with Crippen LogP contribution in [-0.2, 0) is 16.6 Å². The second-order valence-electron chi connectivity index (χ2n) is 6.56. The summed E-state index contributed by atoms with van der Waals surface area (Å²) in [6.45, 7) is 4.73. The third kappa shape index (κ3) is 3.50. The first-order valence-corrected chi connectivity index (χ1v) is 8.27. The molecule has 122 valence electrons. The monoisotopic (exact) mass is 306 g/mol. The third-order valence-electron chi connectivity index (χ3n) is 4.72. The maximum atomic E-state index is 12.5. The summed E-state index contributed by atoms with van der Waals surface area (Å²) in [5.74, 6) is 0.897. The summed E-state index contributed by atoms with van der Waals surface area (Å²) in [6.07, 6.45) is 7.93. The van der Waals surface area contributed by atoms with Gasteiger partial charge in [0.2, 0.25) is 5.91 Å². The van der Waals surface area contributed by atoms with E-state index in [1.54, 1.807) is 10.9 Å². The number of ether oxygens (including phenoxy) is 1. The molecule has 22 heavy (non-hydrogen) atoms. The molecular weight excluding hydrogens is 280 g/mol. The number of anilines is 1. The van der Waals surface area contributed by atoms with Crippen LogP contribution in [0.4, 0.5) is 5.69 Å². The molecule has 3 heterocycles. The fraction of sp³-hybridized carbons (Fsp3) is 0.750. The van der Waals surface area contributed by atoms with E-state index in [2.05, 4.69) is 17.3 Å². The van der Waals surface area contributed by atoms with Crippen LogP contribution in [0.1, 0.15) is 32.6 Å². The van der Waals surface area contributed by atoms with Crippen LogP contribution >= 0.6 is 0 Å². The summed E-state index contributed by atoms with van der Waals surface area (Å²) < 4.78 is 7.14. The van der Waals surface area contributed by atoms with Gasteiger partial charge in [0, 0.05) is 39.0 Å². The molecule has 1 aromatic heterocycles. The lowest BCUT2D eigenvalue weighted by molar-refractivity contribution is -0.119. The van der Waals surface area contributed by atoms with Gasteiger partial charge in [0.25, 0.3) is 0 Å². The molecule has 3 rings (SSSR count). The molecule has 0 aliphatic carbocycles. The van der Waals surface area contributed by atoms with Gasteiger partial charge in [-0.15, -0.1) is 0 Å². The Balaban J connectivity index is 1.51. The smallest absolute Gasteiger partial charge is 0.244 e. The van der Waals surface area contributed by atoms with E-state index in [1.165, 1.54) is 0 Å². The van der Waals surface area contributed by atoms with Gasteiger partial charge in [-0.05, 0) is 38.5 Å². The number of rotatable bonds is 5. The van der Waals surface area contributed by atoms with E-state index in [9.17, 15) is 4.79 Å². The zero-order valence-corrected chi connectivity index (χ0v) is 13.5. The van der Waals surface area contributed by atoms with Gasteiger partial charge in [0.1, 0.15) is 0 Å². The highest BCUT2D eigenvalue weighted by Crippen LogP contribution is 2.23. The number of carbonyl (C=O) groups excluding carboxylic acids is 1. The van der Waals surface area contributed by atoms with Crippen LogP contribution in [0.25, 0.3) is 0 Å². The van der Waals surface area contributed by atoms with Crippen LogP contribution in [0, 0.1) is 5.92 Å². The van der Waals surface area contributed by atoms with E-state index in [0.29, 0.717) is 6.04 Å². The van der Waals surface area contributed by atoms with Gasteiger partial charge in [-0.1, -0.05) is 0 Å². The Labute approximate surface area is 131 Å². The van der Waals surface area contributed by atoms with Crippen molar-refractivity contribution in [3.05, 3.63) is 12.4 Å². The Kier molecular flexibility index (Phi) is 4.78. The highest BCUT2D eigenvalue weighted by Gasteiger charge is 2.34. The van der Waals surface area contributed by atoms with Crippen molar-refractivity contribution in [3.8, 4) is 0 Å². The van der Waals surface area contributed by atoms with Crippen LogP contribution in [-0.4, -0.2) is 47.5 Å². The molecule has 0 radical (unpaired) electrons. The molecule has 0 bridgehead atoms. The molecule has 2 atom stereocenters. The van der Waals surface area contributed by atoms with Crippen LogP contribution in [0.5, 0.6) is 0 Å². The minimum Gasteiger partial charge on any atom is -0.381 e. The van der Waals surface area contributed by atoms with Gasteiger partial charge in [0.05, 0.1) is 17.9 Å². The van der Waals surface area contributed by atoms with Crippen molar-refractivity contribution >= 4 is 11.6 Å². The lowest BCUT2D eigenvalue weighted by Gasteiger charge is -2.26. The Morgan fingerprint density at radius 1 is 1.41 bits per heavy atom. The lowest BCUT2D eigenvalue weighted by Crippen LogP contribution is -2.43. The summed E-state index contributed by atoms with van der Waals surface area (Å²) >= 11 is 0. The van der Waals surface area contributed by atoms with Crippen molar-refractivity contribution in [3.63, 3.8) is 0 Å². The lowest BCUT2D eigenvalue weighted by atomic mass is 9.93. The SMILES string of the molecule is C[C@H](CC1CCOCC1)N[C@H]1CCN(c2cnn(C)c2)C1=O. The molecule has 0 saturated carbocycles. The van der Waals surface area contributed by atoms with E-state index in [1.807, 2.05) is 18.1 Å². The Bertz CT molecular complexity index is 510. The number of carbonyl (C=O) groups is 1. The quantitative estimate of drug-likeness (QED) is 0.891. The molecule has 1 N–H and O–H groups in total. The average Bonchev–Trinajstić information content (AvgIpc) is 3.07. The first-order valence-electron chi connectivity index (χ1n) is 8.27. The highest BCUT2D eigenvalue weighted by molar-refractivity contribution is 5.99. The standard InChI is InChI=1S/C16H26N4O2/c1-12(9-13-4-7-22-8-5-13)18-15-3-6-20(16(15)21)14-10-17-19(2)11-14/h10-13,15,18H,3-9H2,1-2H3/t12-,15+/m1/s1. The van der Waals surface area contributed by atoms with E-state index in [-0.39, 0.29) is 11.9 Å². The van der Waals surface area contributed by atoms with Gasteiger partial charge in [0.15, 0.2) is 0 Å². The van der Waals surface area contributed by atoms with Gasteiger partial charge in [-0.3, -0.25) is 9.48 Å². The van der Waals surface area contributed by atoms with Gasteiger partial charge in [-0.2, -0.15) is 5.10 Å². The van der Waals surface area contributed by atoms with Crippen molar-refractivity contribution < 1.29 is 9.53 Å². The molecule has 1 aromatic rings. The first kappa shape index (κ1) is 15.5. The van der Waals surface area contributed by atoms with Gasteiger partial charge < -0.3 is 15.0 Å². The normalized spacial score (nSPS) is 24.9. The fourth-order valence-corrected chi connectivity index (χ4v) is 3.53. The number of nitrogens with zero attached hydrogens (tertiary/aromatic N) is 3. The van der Waals surface area contributed by atoms with E-state index in [4.69, 9.17) is 4.74 Å². The average molecular weight is 306 g/mol. The van der Waals surface area contributed by atoms with E-state index >= 15 is 0 Å². The molecule has 2 saturated heterocycles. The number of aromatic nitrogens is 2. The topological polar surface area (TPSA) is 59.4 Å². The Morgan fingerprint density at radius 2 is 2.18 bits per heavy atom. The van der Waals surface area contributed by atoms with Crippen molar-refractivity contribution in [2.24, 2.45) is 13.0 Å². The minimum atomic E-state index is -0.0601. The molecule has 0 unspecified atom stereocenters. The van der Waals surface area contributed by atoms with Gasteiger partial charge >= 0.3 is 0 Å². The molecule has 0 spiro atoms. The van der Waals surface area contributed by atoms with Crippen LogP contribution in [0.2, 0.25) is 0 Å². The zero-order chi connectivity index (χ0) is 15.5. The second kappa shape index (κ2) is 6.79. The predicted octanol–water partition coefficient (Wildman–Crippen LogP) is 1.32. The van der Waals surface area contributed by atoms with Crippen LogP contribution in [0.15, 0.2) is 12.4 Å². The molecule has 2 fully saturated rings. The van der Waals surface area contributed by atoms with Gasteiger partial charge in [-0.25, -0.2) is 0 Å². The molecule has 1 amide bonds. The van der Waals surface area contributed by atoms with Crippen molar-refractivity contribution in [1.29, 1.82) is 0 Å². The predicted molar refractivity (Wildman–Crippen MR) is 84.7 cm³/mol. The number of nitrogens with one attached hydrogen (secondary N) is 1. The van der Waals surface area contributed by atoms with Crippen molar-refractivity contribution in [1.82, 2.24) is 15.1 Å². The molecule has 2 aliphatic heterocycles. The summed E-state index contributed by atoms with van der Waals surface area (Å²) in [7, 11) is 1.87. The summed E-state index contributed by atoms with van der Waals surface area (Å²) in [6, 6.07) is 0.306. The van der Waals surface area contributed by atoms with Crippen LogP contribution in [0.3, 0.4) is 0 Å². The molecule has 6 nitrogen and oxygen atoms in total. The van der Waals surface area contributed by atoms with Crippen molar-refractivity contribution in [2.45, 2.75) is 44.7 Å². The summed E-state index contributed by atoms with van der Waals surface area (Å²) in [5.41, 5.74) is 0.897. The Hall–Kier alpha value is -1.40. The number of hydrogen-bond donors (Lipinski definition) is 1. The minimum absolute atomic E-state index is 0.0601. The largest absolute Gasteiger partial charge is 0.381 e. The molecule has 2 aliphatic rings.